The lowest BCUT2D eigenvalue weighted by molar-refractivity contribution is 0.340. The lowest BCUT2D eigenvalue weighted by atomic mass is 10.1. The van der Waals surface area contributed by atoms with Crippen molar-refractivity contribution in [3.05, 3.63) is 42.1 Å². The van der Waals surface area contributed by atoms with Crippen LogP contribution in [0.5, 0.6) is 5.75 Å². The average molecular weight is 269 g/mol. The van der Waals surface area contributed by atoms with Gasteiger partial charge in [0.05, 0.1) is 6.61 Å². The molecule has 106 valence electrons. The van der Waals surface area contributed by atoms with Gasteiger partial charge in [-0.1, -0.05) is 12.8 Å². The first-order valence-corrected chi connectivity index (χ1v) is 7.70. The Balaban J connectivity index is 1.93. The van der Waals surface area contributed by atoms with Gasteiger partial charge in [-0.2, -0.15) is 0 Å². The highest BCUT2D eigenvalue weighted by atomic mass is 16.5. The Kier molecular flexibility index (Phi) is 3.81. The van der Waals surface area contributed by atoms with Crippen LogP contribution in [0.1, 0.15) is 44.3 Å². The molecule has 0 aliphatic heterocycles. The van der Waals surface area contributed by atoms with Gasteiger partial charge in [0.15, 0.2) is 0 Å². The van der Waals surface area contributed by atoms with Gasteiger partial charge in [0.1, 0.15) is 5.75 Å². The van der Waals surface area contributed by atoms with Gasteiger partial charge in [0.25, 0.3) is 0 Å². The van der Waals surface area contributed by atoms with E-state index in [-0.39, 0.29) is 0 Å². The molecule has 1 aliphatic carbocycles. The number of hydrogen-bond acceptors (Lipinski definition) is 1. The average Bonchev–Trinajstić information content (AvgIpc) is 3.09. The van der Waals surface area contributed by atoms with Crippen LogP contribution in [-0.2, 0) is 0 Å². The lowest BCUT2D eigenvalue weighted by Gasteiger charge is -2.19. The summed E-state index contributed by atoms with van der Waals surface area (Å²) in [5.74, 6) is 0.951. The molecular formula is C18H23NO. The number of benzene rings is 1. The number of nitrogens with zero attached hydrogens (tertiary/aromatic N) is 1. The Morgan fingerprint density at radius 1 is 1.05 bits per heavy atom. The molecule has 0 unspecified atom stereocenters. The standard InChI is InChI=1S/C18H23NO/c1-3-20-17-11-9-15(10-12-17)18-13-8-14(2)19(18)16-6-4-5-7-16/h8-13,16H,3-7H2,1-2H3. The molecule has 0 bridgehead atoms. The van der Waals surface area contributed by atoms with Gasteiger partial charge >= 0.3 is 0 Å². The fraction of sp³-hybridized carbons (Fsp3) is 0.444. The molecule has 0 spiro atoms. The molecule has 1 saturated carbocycles. The van der Waals surface area contributed by atoms with Crippen LogP contribution < -0.4 is 4.74 Å². The molecule has 3 rings (SSSR count). The van der Waals surface area contributed by atoms with Gasteiger partial charge < -0.3 is 9.30 Å². The summed E-state index contributed by atoms with van der Waals surface area (Å²) in [4.78, 5) is 0. The number of hydrogen-bond donors (Lipinski definition) is 0. The van der Waals surface area contributed by atoms with E-state index in [9.17, 15) is 0 Å². The van der Waals surface area contributed by atoms with Crippen LogP contribution in [0.25, 0.3) is 11.3 Å². The molecule has 2 heteroatoms. The molecule has 2 aromatic rings. The number of ether oxygens (including phenoxy) is 1. The van der Waals surface area contributed by atoms with Crippen molar-refractivity contribution in [2.24, 2.45) is 0 Å². The first-order chi connectivity index (χ1) is 9.79. The highest BCUT2D eigenvalue weighted by Crippen LogP contribution is 2.35. The van der Waals surface area contributed by atoms with Crippen LogP contribution in [0, 0.1) is 6.92 Å². The highest BCUT2D eigenvalue weighted by molar-refractivity contribution is 5.62. The van der Waals surface area contributed by atoms with Crippen molar-refractivity contribution in [1.29, 1.82) is 0 Å². The second-order valence-electron chi connectivity index (χ2n) is 5.63. The lowest BCUT2D eigenvalue weighted by Crippen LogP contribution is -2.07. The van der Waals surface area contributed by atoms with E-state index in [4.69, 9.17) is 4.74 Å². The third kappa shape index (κ3) is 2.47. The van der Waals surface area contributed by atoms with E-state index in [1.54, 1.807) is 0 Å². The minimum Gasteiger partial charge on any atom is -0.494 e. The van der Waals surface area contributed by atoms with E-state index < -0.39 is 0 Å². The predicted molar refractivity (Wildman–Crippen MR) is 83.3 cm³/mol. The molecule has 20 heavy (non-hydrogen) atoms. The monoisotopic (exact) mass is 269 g/mol. The molecule has 1 aromatic carbocycles. The van der Waals surface area contributed by atoms with Gasteiger partial charge in [-0.05, 0) is 68.7 Å². The molecule has 1 heterocycles. The third-order valence-electron chi connectivity index (χ3n) is 4.27. The SMILES string of the molecule is CCOc1ccc(-c2ccc(C)n2C2CCCC2)cc1. The molecule has 0 amide bonds. The quantitative estimate of drug-likeness (QED) is 0.763. The first-order valence-electron chi connectivity index (χ1n) is 7.70. The Hall–Kier alpha value is -1.70. The Morgan fingerprint density at radius 2 is 1.75 bits per heavy atom. The number of aryl methyl sites for hydroxylation is 1. The van der Waals surface area contributed by atoms with E-state index in [1.165, 1.54) is 42.6 Å². The maximum atomic E-state index is 5.53. The van der Waals surface area contributed by atoms with Crippen LogP contribution in [0.4, 0.5) is 0 Å². The van der Waals surface area contributed by atoms with Crippen molar-refractivity contribution in [3.63, 3.8) is 0 Å². The summed E-state index contributed by atoms with van der Waals surface area (Å²) >= 11 is 0. The van der Waals surface area contributed by atoms with Crippen LogP contribution >= 0.6 is 0 Å². The summed E-state index contributed by atoms with van der Waals surface area (Å²) in [6.07, 6.45) is 5.37. The summed E-state index contributed by atoms with van der Waals surface area (Å²) in [5, 5.41) is 0. The van der Waals surface area contributed by atoms with Crippen molar-refractivity contribution >= 4 is 0 Å². The molecule has 0 saturated heterocycles. The molecule has 1 aromatic heterocycles. The molecule has 2 nitrogen and oxygen atoms in total. The normalized spacial score (nSPS) is 15.7. The van der Waals surface area contributed by atoms with Crippen LogP contribution in [-0.4, -0.2) is 11.2 Å². The van der Waals surface area contributed by atoms with Crippen LogP contribution in [0.15, 0.2) is 36.4 Å². The van der Waals surface area contributed by atoms with Crippen molar-refractivity contribution in [2.45, 2.75) is 45.6 Å². The minimum atomic E-state index is 0.687. The van der Waals surface area contributed by atoms with Gasteiger partial charge in [-0.3, -0.25) is 0 Å². The largest absolute Gasteiger partial charge is 0.494 e. The van der Waals surface area contributed by atoms with Gasteiger partial charge in [-0.15, -0.1) is 0 Å². The van der Waals surface area contributed by atoms with Crippen molar-refractivity contribution in [2.75, 3.05) is 6.61 Å². The zero-order chi connectivity index (χ0) is 13.9. The molecule has 0 atom stereocenters. The minimum absolute atomic E-state index is 0.687. The summed E-state index contributed by atoms with van der Waals surface area (Å²) in [6, 6.07) is 13.7. The zero-order valence-corrected chi connectivity index (χ0v) is 12.4. The molecular weight excluding hydrogens is 246 g/mol. The second-order valence-corrected chi connectivity index (χ2v) is 5.63. The Bertz CT molecular complexity index is 562. The molecule has 0 radical (unpaired) electrons. The van der Waals surface area contributed by atoms with Gasteiger partial charge in [-0.25, -0.2) is 0 Å². The van der Waals surface area contributed by atoms with E-state index in [0.29, 0.717) is 6.04 Å². The Labute approximate surface area is 121 Å². The van der Waals surface area contributed by atoms with Gasteiger partial charge in [0.2, 0.25) is 0 Å². The number of rotatable bonds is 4. The molecule has 1 fully saturated rings. The van der Waals surface area contributed by atoms with E-state index >= 15 is 0 Å². The maximum absolute atomic E-state index is 5.53. The van der Waals surface area contributed by atoms with E-state index in [2.05, 4.69) is 47.9 Å². The van der Waals surface area contributed by atoms with E-state index in [0.717, 1.165) is 12.4 Å². The van der Waals surface area contributed by atoms with Gasteiger partial charge in [0, 0.05) is 17.4 Å². The smallest absolute Gasteiger partial charge is 0.119 e. The summed E-state index contributed by atoms with van der Waals surface area (Å²) in [5.41, 5.74) is 4.01. The van der Waals surface area contributed by atoms with Crippen LogP contribution in [0.3, 0.4) is 0 Å². The second kappa shape index (κ2) is 5.74. The number of aromatic nitrogens is 1. The zero-order valence-electron chi connectivity index (χ0n) is 12.4. The maximum Gasteiger partial charge on any atom is 0.119 e. The first kappa shape index (κ1) is 13.3. The topological polar surface area (TPSA) is 14.2 Å². The summed E-state index contributed by atoms with van der Waals surface area (Å²) in [6.45, 7) is 4.95. The van der Waals surface area contributed by atoms with Crippen molar-refractivity contribution in [3.8, 4) is 17.0 Å². The highest BCUT2D eigenvalue weighted by Gasteiger charge is 2.20. The molecule has 0 N–H and O–H groups in total. The molecule has 1 aliphatic rings. The Morgan fingerprint density at radius 3 is 2.40 bits per heavy atom. The van der Waals surface area contributed by atoms with Crippen molar-refractivity contribution in [1.82, 2.24) is 4.57 Å². The summed E-state index contributed by atoms with van der Waals surface area (Å²) < 4.78 is 8.06. The fourth-order valence-electron chi connectivity index (χ4n) is 3.32. The van der Waals surface area contributed by atoms with Crippen molar-refractivity contribution < 1.29 is 4.74 Å². The fourth-order valence-corrected chi connectivity index (χ4v) is 3.32. The predicted octanol–water partition coefficient (Wildman–Crippen LogP) is 4.98. The van der Waals surface area contributed by atoms with Crippen LogP contribution in [0.2, 0.25) is 0 Å². The van der Waals surface area contributed by atoms with E-state index in [1.807, 2.05) is 6.92 Å². The summed E-state index contributed by atoms with van der Waals surface area (Å²) in [7, 11) is 0. The third-order valence-corrected chi connectivity index (χ3v) is 4.27.